The van der Waals surface area contributed by atoms with Crippen molar-refractivity contribution in [2.45, 2.75) is 26.1 Å². The molecule has 0 saturated heterocycles. The van der Waals surface area contributed by atoms with Crippen molar-refractivity contribution in [2.75, 3.05) is 13.1 Å². The number of rotatable bonds is 3. The summed E-state index contributed by atoms with van der Waals surface area (Å²) in [6.07, 6.45) is -0.511. The number of hydrogen-bond acceptors (Lipinski definition) is 4. The maximum atomic E-state index is 10.3. The molecule has 1 aliphatic rings. The van der Waals surface area contributed by atoms with Gasteiger partial charge in [0.05, 0.1) is 19.2 Å². The summed E-state index contributed by atoms with van der Waals surface area (Å²) in [4.78, 5) is 6.60. The van der Waals surface area contributed by atoms with E-state index in [0.717, 1.165) is 36.8 Å². The van der Waals surface area contributed by atoms with E-state index in [1.165, 1.54) is 0 Å². The van der Waals surface area contributed by atoms with Gasteiger partial charge in [0.25, 0.3) is 0 Å². The average Bonchev–Trinajstić information content (AvgIpc) is 2.78. The van der Waals surface area contributed by atoms with Gasteiger partial charge in [-0.05, 0) is 24.6 Å². The fourth-order valence-electron chi connectivity index (χ4n) is 2.50. The molecule has 2 heterocycles. The second kappa shape index (κ2) is 5.52. The molecule has 0 bridgehead atoms. The van der Waals surface area contributed by atoms with Crippen molar-refractivity contribution in [3.8, 4) is 0 Å². The first-order valence-corrected chi connectivity index (χ1v) is 7.06. The number of nitrogens with zero attached hydrogens (tertiary/aromatic N) is 4. The number of halogens is 1. The number of aryl methyl sites for hydroxylation is 1. The van der Waals surface area contributed by atoms with Gasteiger partial charge in [0.1, 0.15) is 11.6 Å². The van der Waals surface area contributed by atoms with Crippen LogP contribution in [0.3, 0.4) is 0 Å². The molecule has 1 N–H and O–H groups in total. The molecule has 106 valence electrons. The molecule has 0 radical (unpaired) electrons. The van der Waals surface area contributed by atoms with Gasteiger partial charge in [-0.1, -0.05) is 23.7 Å². The van der Waals surface area contributed by atoms with Crippen LogP contribution in [0, 0.1) is 6.92 Å². The number of fused-ring (bicyclic) bond motifs is 1. The van der Waals surface area contributed by atoms with Gasteiger partial charge in [-0.25, -0.2) is 9.67 Å². The largest absolute Gasteiger partial charge is 0.387 e. The zero-order valence-electron chi connectivity index (χ0n) is 11.3. The molecule has 0 saturated carbocycles. The van der Waals surface area contributed by atoms with E-state index in [1.807, 2.05) is 23.7 Å². The van der Waals surface area contributed by atoms with Crippen molar-refractivity contribution >= 4 is 11.6 Å². The van der Waals surface area contributed by atoms with Gasteiger partial charge in [-0.2, -0.15) is 5.10 Å². The van der Waals surface area contributed by atoms with Crippen molar-refractivity contribution in [2.24, 2.45) is 0 Å². The Balaban J connectivity index is 1.65. The van der Waals surface area contributed by atoms with Crippen LogP contribution >= 0.6 is 11.6 Å². The number of benzene rings is 1. The molecule has 0 unspecified atom stereocenters. The number of hydrogen-bond donors (Lipinski definition) is 1. The van der Waals surface area contributed by atoms with Gasteiger partial charge in [0, 0.05) is 18.1 Å². The third-order valence-corrected chi connectivity index (χ3v) is 3.79. The van der Waals surface area contributed by atoms with Crippen LogP contribution < -0.4 is 0 Å². The van der Waals surface area contributed by atoms with E-state index in [1.54, 1.807) is 12.1 Å². The summed E-state index contributed by atoms with van der Waals surface area (Å²) < 4.78 is 1.94. The van der Waals surface area contributed by atoms with E-state index in [-0.39, 0.29) is 0 Å². The van der Waals surface area contributed by atoms with Crippen molar-refractivity contribution < 1.29 is 5.11 Å². The molecule has 0 amide bonds. The molecular weight excluding hydrogens is 276 g/mol. The number of β-amino-alcohol motifs (C(OH)–C–C–N with tert-alkyl or cyclic N) is 1. The first-order valence-electron chi connectivity index (χ1n) is 6.68. The smallest absolute Gasteiger partial charge is 0.147 e. The normalized spacial score (nSPS) is 16.9. The Morgan fingerprint density at radius 3 is 2.80 bits per heavy atom. The van der Waals surface area contributed by atoms with Crippen molar-refractivity contribution in [3.05, 3.63) is 46.5 Å². The highest BCUT2D eigenvalue weighted by Crippen LogP contribution is 2.19. The fraction of sp³-hybridized carbons (Fsp3) is 0.429. The highest BCUT2D eigenvalue weighted by Gasteiger charge is 2.21. The molecule has 3 rings (SSSR count). The molecule has 5 nitrogen and oxygen atoms in total. The van der Waals surface area contributed by atoms with E-state index in [2.05, 4.69) is 15.0 Å². The summed E-state index contributed by atoms with van der Waals surface area (Å²) in [5, 5.41) is 15.3. The topological polar surface area (TPSA) is 54.2 Å². The number of aliphatic hydroxyl groups is 1. The Labute approximate surface area is 122 Å². The summed E-state index contributed by atoms with van der Waals surface area (Å²) in [5.41, 5.74) is 0.887. The molecule has 1 aliphatic heterocycles. The fourth-order valence-corrected chi connectivity index (χ4v) is 2.63. The van der Waals surface area contributed by atoms with E-state index in [9.17, 15) is 5.11 Å². The van der Waals surface area contributed by atoms with Gasteiger partial charge in [-0.3, -0.25) is 4.90 Å². The van der Waals surface area contributed by atoms with Gasteiger partial charge in [-0.15, -0.1) is 0 Å². The van der Waals surface area contributed by atoms with Crippen LogP contribution in [0.5, 0.6) is 0 Å². The molecule has 1 aromatic carbocycles. The van der Waals surface area contributed by atoms with Crippen molar-refractivity contribution in [1.82, 2.24) is 19.7 Å². The van der Waals surface area contributed by atoms with Crippen LogP contribution in [-0.4, -0.2) is 37.9 Å². The van der Waals surface area contributed by atoms with Crippen molar-refractivity contribution in [1.29, 1.82) is 0 Å². The zero-order chi connectivity index (χ0) is 14.1. The van der Waals surface area contributed by atoms with Crippen LogP contribution in [0.2, 0.25) is 5.02 Å². The van der Waals surface area contributed by atoms with Crippen molar-refractivity contribution in [3.63, 3.8) is 0 Å². The number of aliphatic hydroxyl groups excluding tert-OH is 1. The monoisotopic (exact) mass is 292 g/mol. The zero-order valence-corrected chi connectivity index (χ0v) is 12.1. The van der Waals surface area contributed by atoms with Gasteiger partial charge < -0.3 is 5.11 Å². The molecule has 0 aliphatic carbocycles. The second-order valence-electron chi connectivity index (χ2n) is 5.10. The van der Waals surface area contributed by atoms with Crippen LogP contribution in [-0.2, 0) is 13.1 Å². The summed E-state index contributed by atoms with van der Waals surface area (Å²) >= 11 is 5.86. The van der Waals surface area contributed by atoms with Gasteiger partial charge in [0.2, 0.25) is 0 Å². The lowest BCUT2D eigenvalue weighted by Crippen LogP contribution is -2.37. The molecule has 6 heteroatoms. The lowest BCUT2D eigenvalue weighted by molar-refractivity contribution is 0.0944. The first kappa shape index (κ1) is 13.5. The summed E-state index contributed by atoms with van der Waals surface area (Å²) in [6.45, 7) is 4.92. The highest BCUT2D eigenvalue weighted by atomic mass is 35.5. The van der Waals surface area contributed by atoms with E-state index in [4.69, 9.17) is 11.6 Å². The Kier molecular flexibility index (Phi) is 3.74. The molecule has 1 atom stereocenters. The van der Waals surface area contributed by atoms with Crippen LogP contribution in [0.1, 0.15) is 23.3 Å². The summed E-state index contributed by atoms with van der Waals surface area (Å²) in [5.74, 6) is 1.78. The Hall–Kier alpha value is -1.43. The molecule has 0 spiro atoms. The maximum absolute atomic E-state index is 10.3. The Morgan fingerprint density at radius 2 is 2.05 bits per heavy atom. The average molecular weight is 293 g/mol. The molecule has 0 fully saturated rings. The quantitative estimate of drug-likeness (QED) is 0.937. The number of aromatic nitrogens is 3. The van der Waals surface area contributed by atoms with Gasteiger partial charge in [0.15, 0.2) is 0 Å². The van der Waals surface area contributed by atoms with E-state index in [0.29, 0.717) is 11.6 Å². The Bertz CT molecular complexity index is 596. The molecule has 20 heavy (non-hydrogen) atoms. The van der Waals surface area contributed by atoms with Crippen LogP contribution in [0.15, 0.2) is 24.3 Å². The molecule has 1 aromatic heterocycles. The van der Waals surface area contributed by atoms with E-state index < -0.39 is 6.10 Å². The SMILES string of the molecule is Cc1nc2n(n1)CCN(C[C@H](O)c1ccc(Cl)cc1)C2. The predicted octanol–water partition coefficient (Wildman–Crippen LogP) is 1.79. The minimum atomic E-state index is -0.511. The molecule has 2 aromatic rings. The van der Waals surface area contributed by atoms with Crippen LogP contribution in [0.25, 0.3) is 0 Å². The Morgan fingerprint density at radius 1 is 1.30 bits per heavy atom. The third kappa shape index (κ3) is 2.85. The maximum Gasteiger partial charge on any atom is 0.147 e. The second-order valence-corrected chi connectivity index (χ2v) is 5.54. The van der Waals surface area contributed by atoms with Gasteiger partial charge >= 0.3 is 0 Å². The minimum absolute atomic E-state index is 0.511. The molecular formula is C14H17ClN4O. The summed E-state index contributed by atoms with van der Waals surface area (Å²) in [7, 11) is 0. The minimum Gasteiger partial charge on any atom is -0.387 e. The third-order valence-electron chi connectivity index (χ3n) is 3.53. The lowest BCUT2D eigenvalue weighted by Gasteiger charge is -2.28. The summed E-state index contributed by atoms with van der Waals surface area (Å²) in [6, 6.07) is 7.33. The van der Waals surface area contributed by atoms with E-state index >= 15 is 0 Å². The van der Waals surface area contributed by atoms with Crippen LogP contribution in [0.4, 0.5) is 0 Å². The lowest BCUT2D eigenvalue weighted by atomic mass is 10.1. The highest BCUT2D eigenvalue weighted by molar-refractivity contribution is 6.30. The first-order chi connectivity index (χ1) is 9.61. The standard InChI is InChI=1S/C14H17ClN4O/c1-10-16-14-9-18(6-7-19(14)17-10)8-13(20)11-2-4-12(15)5-3-11/h2-5,13,20H,6-9H2,1H3/t13-/m0/s1. The predicted molar refractivity (Wildman–Crippen MR) is 76.4 cm³/mol.